The quantitative estimate of drug-likeness (QED) is 0.784. The Labute approximate surface area is 133 Å². The van der Waals surface area contributed by atoms with Gasteiger partial charge in [-0.15, -0.1) is 0 Å². The van der Waals surface area contributed by atoms with Gasteiger partial charge in [0.2, 0.25) is 0 Å². The van der Waals surface area contributed by atoms with E-state index in [0.29, 0.717) is 24.5 Å². The molecule has 2 unspecified atom stereocenters. The minimum atomic E-state index is 0.118. The number of aryl methyl sites for hydroxylation is 2. The molecule has 2 rings (SSSR count). The summed E-state index contributed by atoms with van der Waals surface area (Å²) in [6.07, 6.45) is 0.338. The summed E-state index contributed by atoms with van der Waals surface area (Å²) in [5.74, 6) is 0.817. The van der Waals surface area contributed by atoms with E-state index in [9.17, 15) is 4.79 Å². The SMILES string of the molecule is CCOc1cc(C)c(C)cc1C(=O)CN1CC(C)OC(C)C1. The number of hydrogen-bond acceptors (Lipinski definition) is 4. The molecule has 0 amide bonds. The topological polar surface area (TPSA) is 38.8 Å². The summed E-state index contributed by atoms with van der Waals surface area (Å²) in [7, 11) is 0. The Balaban J connectivity index is 2.16. The standard InChI is InChI=1S/C18H27NO3/c1-6-21-18-8-13(3)12(2)7-16(18)17(20)11-19-9-14(4)22-15(5)10-19/h7-8,14-15H,6,9-11H2,1-5H3. The van der Waals surface area contributed by atoms with Gasteiger partial charge in [0, 0.05) is 13.1 Å². The van der Waals surface area contributed by atoms with E-state index in [1.165, 1.54) is 0 Å². The summed E-state index contributed by atoms with van der Waals surface area (Å²) in [5, 5.41) is 0. The Bertz CT molecular complexity index is 531. The molecule has 0 radical (unpaired) electrons. The van der Waals surface area contributed by atoms with Crippen LogP contribution in [0.4, 0.5) is 0 Å². The van der Waals surface area contributed by atoms with Crippen LogP contribution in [0.3, 0.4) is 0 Å². The van der Waals surface area contributed by atoms with Gasteiger partial charge in [-0.25, -0.2) is 0 Å². The van der Waals surface area contributed by atoms with Gasteiger partial charge < -0.3 is 9.47 Å². The van der Waals surface area contributed by atoms with Gasteiger partial charge in [0.05, 0.1) is 30.9 Å². The number of carbonyl (C=O) groups excluding carboxylic acids is 1. The Morgan fingerprint density at radius 2 is 1.82 bits per heavy atom. The molecule has 4 nitrogen and oxygen atoms in total. The number of hydrogen-bond donors (Lipinski definition) is 0. The lowest BCUT2D eigenvalue weighted by Gasteiger charge is -2.34. The zero-order chi connectivity index (χ0) is 16.3. The molecule has 1 saturated heterocycles. The van der Waals surface area contributed by atoms with Crippen LogP contribution in [0.2, 0.25) is 0 Å². The summed E-state index contributed by atoms with van der Waals surface area (Å²) in [5.41, 5.74) is 2.96. The molecule has 22 heavy (non-hydrogen) atoms. The lowest BCUT2D eigenvalue weighted by Crippen LogP contribution is -2.47. The van der Waals surface area contributed by atoms with Gasteiger partial charge >= 0.3 is 0 Å². The second kappa shape index (κ2) is 7.25. The van der Waals surface area contributed by atoms with Gasteiger partial charge in [0.1, 0.15) is 5.75 Å². The molecule has 1 heterocycles. The molecule has 0 N–H and O–H groups in total. The highest BCUT2D eigenvalue weighted by Crippen LogP contribution is 2.24. The number of Topliss-reactive ketones (excluding diaryl/α,β-unsaturated/α-hetero) is 1. The van der Waals surface area contributed by atoms with Crippen molar-refractivity contribution in [3.05, 3.63) is 28.8 Å². The normalized spacial score (nSPS) is 22.6. The summed E-state index contributed by atoms with van der Waals surface area (Å²) in [6.45, 7) is 12.7. The smallest absolute Gasteiger partial charge is 0.180 e. The van der Waals surface area contributed by atoms with E-state index in [1.807, 2.05) is 32.9 Å². The maximum absolute atomic E-state index is 12.7. The van der Waals surface area contributed by atoms with Crippen molar-refractivity contribution in [1.82, 2.24) is 4.90 Å². The molecule has 122 valence electrons. The fourth-order valence-electron chi connectivity index (χ4n) is 2.98. The molecular weight excluding hydrogens is 278 g/mol. The van der Waals surface area contributed by atoms with Crippen LogP contribution in [0, 0.1) is 13.8 Å². The number of ketones is 1. The van der Waals surface area contributed by atoms with Crippen molar-refractivity contribution in [3.8, 4) is 5.75 Å². The zero-order valence-electron chi connectivity index (χ0n) is 14.3. The first-order valence-corrected chi connectivity index (χ1v) is 8.05. The summed E-state index contributed by atoms with van der Waals surface area (Å²) >= 11 is 0. The van der Waals surface area contributed by atoms with E-state index in [1.54, 1.807) is 0 Å². The van der Waals surface area contributed by atoms with Gasteiger partial charge in [0.25, 0.3) is 0 Å². The highest BCUT2D eigenvalue weighted by atomic mass is 16.5. The van der Waals surface area contributed by atoms with Crippen molar-refractivity contribution in [2.24, 2.45) is 0 Å². The molecule has 1 aliphatic heterocycles. The minimum absolute atomic E-state index is 0.118. The molecule has 1 aromatic rings. The Kier molecular flexibility index (Phi) is 5.59. The average molecular weight is 305 g/mol. The van der Waals surface area contributed by atoms with Crippen LogP contribution in [0.25, 0.3) is 0 Å². The lowest BCUT2D eigenvalue weighted by atomic mass is 10.0. The van der Waals surface area contributed by atoms with Crippen LogP contribution in [-0.2, 0) is 4.74 Å². The molecule has 0 aromatic heterocycles. The van der Waals surface area contributed by atoms with Crippen molar-refractivity contribution < 1.29 is 14.3 Å². The number of ether oxygens (including phenoxy) is 2. The van der Waals surface area contributed by atoms with Gasteiger partial charge in [-0.1, -0.05) is 0 Å². The predicted octanol–water partition coefficient (Wildman–Crippen LogP) is 2.99. The van der Waals surface area contributed by atoms with E-state index in [-0.39, 0.29) is 18.0 Å². The first-order chi connectivity index (χ1) is 10.4. The van der Waals surface area contributed by atoms with Gasteiger partial charge in [-0.2, -0.15) is 0 Å². The van der Waals surface area contributed by atoms with Crippen LogP contribution < -0.4 is 4.74 Å². The summed E-state index contributed by atoms with van der Waals surface area (Å²) < 4.78 is 11.4. The van der Waals surface area contributed by atoms with Crippen LogP contribution >= 0.6 is 0 Å². The molecule has 4 heteroatoms. The number of nitrogens with zero attached hydrogens (tertiary/aromatic N) is 1. The maximum atomic E-state index is 12.7. The lowest BCUT2D eigenvalue weighted by molar-refractivity contribution is -0.0652. The van der Waals surface area contributed by atoms with E-state index in [2.05, 4.69) is 18.7 Å². The molecule has 1 fully saturated rings. The van der Waals surface area contributed by atoms with Crippen molar-refractivity contribution in [2.75, 3.05) is 26.2 Å². The van der Waals surface area contributed by atoms with Crippen molar-refractivity contribution in [1.29, 1.82) is 0 Å². The minimum Gasteiger partial charge on any atom is -0.493 e. The molecule has 1 aromatic carbocycles. The molecule has 2 atom stereocenters. The first kappa shape index (κ1) is 17.0. The van der Waals surface area contributed by atoms with Crippen molar-refractivity contribution >= 4 is 5.78 Å². The third kappa shape index (κ3) is 4.08. The average Bonchev–Trinajstić information content (AvgIpc) is 2.41. The monoisotopic (exact) mass is 305 g/mol. The molecule has 0 spiro atoms. The summed E-state index contributed by atoms with van der Waals surface area (Å²) in [6, 6.07) is 3.92. The molecule has 0 saturated carbocycles. The van der Waals surface area contributed by atoms with E-state index >= 15 is 0 Å². The third-order valence-corrected chi connectivity index (χ3v) is 4.06. The third-order valence-electron chi connectivity index (χ3n) is 4.06. The second-order valence-electron chi connectivity index (χ2n) is 6.24. The molecular formula is C18H27NO3. The van der Waals surface area contributed by atoms with Gasteiger partial charge in [-0.3, -0.25) is 9.69 Å². The van der Waals surface area contributed by atoms with Crippen LogP contribution in [0.5, 0.6) is 5.75 Å². The fourth-order valence-corrected chi connectivity index (χ4v) is 2.98. The van der Waals surface area contributed by atoms with E-state index < -0.39 is 0 Å². The van der Waals surface area contributed by atoms with Crippen LogP contribution in [0.1, 0.15) is 42.3 Å². The largest absolute Gasteiger partial charge is 0.493 e. The van der Waals surface area contributed by atoms with Gasteiger partial charge in [0.15, 0.2) is 5.78 Å². The highest BCUT2D eigenvalue weighted by Gasteiger charge is 2.25. The van der Waals surface area contributed by atoms with Crippen molar-refractivity contribution in [3.63, 3.8) is 0 Å². The Morgan fingerprint density at radius 3 is 2.41 bits per heavy atom. The van der Waals surface area contributed by atoms with E-state index in [4.69, 9.17) is 9.47 Å². The second-order valence-corrected chi connectivity index (χ2v) is 6.24. The highest BCUT2D eigenvalue weighted by molar-refractivity contribution is 6.00. The van der Waals surface area contributed by atoms with Crippen LogP contribution in [0.15, 0.2) is 12.1 Å². The fraction of sp³-hybridized carbons (Fsp3) is 0.611. The first-order valence-electron chi connectivity index (χ1n) is 8.05. The Morgan fingerprint density at radius 1 is 1.23 bits per heavy atom. The van der Waals surface area contributed by atoms with Crippen LogP contribution in [-0.4, -0.2) is 49.1 Å². The molecule has 0 aliphatic carbocycles. The number of benzene rings is 1. The number of morpholine rings is 1. The van der Waals surface area contributed by atoms with Crippen molar-refractivity contribution in [2.45, 2.75) is 46.8 Å². The molecule has 0 bridgehead atoms. The Hall–Kier alpha value is -1.39. The number of carbonyl (C=O) groups is 1. The maximum Gasteiger partial charge on any atom is 0.180 e. The number of rotatable bonds is 5. The molecule has 1 aliphatic rings. The van der Waals surface area contributed by atoms with Gasteiger partial charge in [-0.05, 0) is 57.9 Å². The zero-order valence-corrected chi connectivity index (χ0v) is 14.3. The predicted molar refractivity (Wildman–Crippen MR) is 87.9 cm³/mol. The summed E-state index contributed by atoms with van der Waals surface area (Å²) in [4.78, 5) is 14.9. The van der Waals surface area contributed by atoms with E-state index in [0.717, 1.165) is 24.2 Å².